The number of nitrogens with one attached hydrogen (secondary N) is 1. The van der Waals surface area contributed by atoms with Crippen molar-refractivity contribution in [1.82, 2.24) is 19.1 Å². The first-order chi connectivity index (χ1) is 16.0. The molecule has 3 heterocycles. The molecule has 1 aliphatic rings. The average molecular weight is 466 g/mol. The Balaban J connectivity index is 1.50. The maximum Gasteiger partial charge on any atom is 0.333 e. The summed E-state index contributed by atoms with van der Waals surface area (Å²) < 4.78 is 12.7. The molecule has 1 aliphatic heterocycles. The topological polar surface area (TPSA) is 117 Å². The first-order valence-corrected chi connectivity index (χ1v) is 10.3. The van der Waals surface area contributed by atoms with E-state index in [-0.39, 0.29) is 31.0 Å². The van der Waals surface area contributed by atoms with Crippen LogP contribution in [-0.4, -0.2) is 31.8 Å². The molecule has 0 unspecified atom stereocenters. The summed E-state index contributed by atoms with van der Waals surface area (Å²) in [5.41, 5.74) is -0.0859. The van der Waals surface area contributed by atoms with E-state index in [1.165, 1.54) is 12.4 Å². The zero-order valence-corrected chi connectivity index (χ0v) is 17.8. The lowest BCUT2D eigenvalue weighted by atomic mass is 10.2. The molecule has 11 heteroatoms. The van der Waals surface area contributed by atoms with Crippen LogP contribution < -0.4 is 26.0 Å². The Hall–Kier alpha value is -4.18. The number of amides is 1. The lowest BCUT2D eigenvalue weighted by molar-refractivity contribution is -0.116. The molecule has 0 radical (unpaired) electrons. The molecule has 0 fully saturated rings. The maximum atomic E-state index is 13.2. The minimum Gasteiger partial charge on any atom is -0.454 e. The summed E-state index contributed by atoms with van der Waals surface area (Å²) in [5, 5.41) is 3.25. The van der Waals surface area contributed by atoms with Crippen LogP contribution >= 0.6 is 11.6 Å². The van der Waals surface area contributed by atoms with Gasteiger partial charge in [-0.3, -0.25) is 18.7 Å². The summed E-state index contributed by atoms with van der Waals surface area (Å²) in [7, 11) is 0. The smallest absolute Gasteiger partial charge is 0.333 e. The first kappa shape index (κ1) is 20.7. The van der Waals surface area contributed by atoms with E-state index in [2.05, 4.69) is 15.3 Å². The Morgan fingerprint density at radius 3 is 2.58 bits per heavy atom. The number of anilines is 1. The lowest BCUT2D eigenvalue weighted by Crippen LogP contribution is -2.42. The third kappa shape index (κ3) is 4.03. The van der Waals surface area contributed by atoms with Gasteiger partial charge in [0, 0.05) is 29.2 Å². The van der Waals surface area contributed by atoms with Gasteiger partial charge in [-0.1, -0.05) is 23.7 Å². The number of rotatable bonds is 5. The summed E-state index contributed by atoms with van der Waals surface area (Å²) in [6.07, 6.45) is 2.72. The number of halogens is 1. The monoisotopic (exact) mass is 465 g/mol. The van der Waals surface area contributed by atoms with Gasteiger partial charge in [-0.15, -0.1) is 0 Å². The predicted molar refractivity (Wildman–Crippen MR) is 120 cm³/mol. The van der Waals surface area contributed by atoms with Crippen LogP contribution in [0.25, 0.3) is 11.2 Å². The van der Waals surface area contributed by atoms with Crippen molar-refractivity contribution in [3.05, 3.63) is 86.3 Å². The Bertz CT molecular complexity index is 1500. The number of carbonyl (C=O) groups is 1. The van der Waals surface area contributed by atoms with Crippen LogP contribution in [0.5, 0.6) is 11.5 Å². The summed E-state index contributed by atoms with van der Waals surface area (Å²) in [6.45, 7) is -0.267. The van der Waals surface area contributed by atoms with E-state index in [4.69, 9.17) is 21.1 Å². The molecule has 5 rings (SSSR count). The van der Waals surface area contributed by atoms with Crippen molar-refractivity contribution in [2.45, 2.75) is 13.1 Å². The van der Waals surface area contributed by atoms with Crippen molar-refractivity contribution in [3.8, 4) is 11.5 Å². The van der Waals surface area contributed by atoms with E-state index >= 15 is 0 Å². The summed E-state index contributed by atoms with van der Waals surface area (Å²) in [6, 6.07) is 11.7. The molecule has 4 aromatic rings. The largest absolute Gasteiger partial charge is 0.454 e. The van der Waals surface area contributed by atoms with Crippen LogP contribution in [0.3, 0.4) is 0 Å². The van der Waals surface area contributed by atoms with Gasteiger partial charge in [0.15, 0.2) is 22.7 Å². The fraction of sp³-hybridized carbons (Fsp3) is 0.136. The van der Waals surface area contributed by atoms with Crippen LogP contribution in [-0.2, 0) is 17.9 Å². The Kier molecular flexibility index (Phi) is 5.27. The maximum absolute atomic E-state index is 13.2. The lowest BCUT2D eigenvalue weighted by Gasteiger charge is -2.13. The van der Waals surface area contributed by atoms with Gasteiger partial charge < -0.3 is 14.8 Å². The van der Waals surface area contributed by atoms with Gasteiger partial charge >= 0.3 is 5.69 Å². The molecule has 166 valence electrons. The highest BCUT2D eigenvalue weighted by atomic mass is 35.5. The zero-order valence-electron chi connectivity index (χ0n) is 17.0. The third-order valence-corrected chi connectivity index (χ3v) is 5.31. The van der Waals surface area contributed by atoms with Gasteiger partial charge in [0.2, 0.25) is 12.7 Å². The fourth-order valence-electron chi connectivity index (χ4n) is 3.50. The average Bonchev–Trinajstić information content (AvgIpc) is 3.29. The van der Waals surface area contributed by atoms with Gasteiger partial charge in [-0.05, 0) is 29.8 Å². The number of hydrogen-bond donors (Lipinski definition) is 1. The van der Waals surface area contributed by atoms with Crippen molar-refractivity contribution in [2.75, 3.05) is 12.1 Å². The number of aromatic nitrogens is 4. The summed E-state index contributed by atoms with van der Waals surface area (Å²) in [5.74, 6) is 0.608. The van der Waals surface area contributed by atoms with Crippen molar-refractivity contribution in [2.24, 2.45) is 0 Å². The molecular formula is C22H16ClN5O5. The molecule has 2 aromatic carbocycles. The van der Waals surface area contributed by atoms with Crippen molar-refractivity contribution < 1.29 is 14.3 Å². The molecule has 0 spiro atoms. The Labute approximate surface area is 191 Å². The molecular weight excluding hydrogens is 450 g/mol. The number of carbonyl (C=O) groups excluding carboxylic acids is 1. The molecule has 1 amide bonds. The van der Waals surface area contributed by atoms with E-state index < -0.39 is 17.2 Å². The highest BCUT2D eigenvalue weighted by Crippen LogP contribution is 2.34. The van der Waals surface area contributed by atoms with E-state index in [0.29, 0.717) is 27.8 Å². The van der Waals surface area contributed by atoms with Crippen LogP contribution in [0.2, 0.25) is 5.02 Å². The molecule has 0 bridgehead atoms. The second-order valence-electron chi connectivity index (χ2n) is 7.23. The number of hydrogen-bond acceptors (Lipinski definition) is 7. The number of fused-ring (bicyclic) bond motifs is 2. The Morgan fingerprint density at radius 2 is 1.76 bits per heavy atom. The van der Waals surface area contributed by atoms with Gasteiger partial charge in [-0.25, -0.2) is 14.8 Å². The second kappa shape index (κ2) is 8.40. The van der Waals surface area contributed by atoms with Gasteiger partial charge in [0.05, 0.1) is 6.54 Å². The molecule has 33 heavy (non-hydrogen) atoms. The highest BCUT2D eigenvalue weighted by Gasteiger charge is 2.19. The second-order valence-corrected chi connectivity index (χ2v) is 7.67. The van der Waals surface area contributed by atoms with E-state index in [9.17, 15) is 14.4 Å². The minimum absolute atomic E-state index is 0.00880. The predicted octanol–water partition coefficient (Wildman–Crippen LogP) is 2.02. The molecule has 2 aromatic heterocycles. The number of benzene rings is 2. The van der Waals surface area contributed by atoms with Crippen LogP contribution in [0.1, 0.15) is 5.56 Å². The van der Waals surface area contributed by atoms with Crippen molar-refractivity contribution in [1.29, 1.82) is 0 Å². The van der Waals surface area contributed by atoms with E-state index in [0.717, 1.165) is 9.13 Å². The van der Waals surface area contributed by atoms with Gasteiger partial charge in [-0.2, -0.15) is 0 Å². The zero-order chi connectivity index (χ0) is 22.9. The Morgan fingerprint density at radius 1 is 1.00 bits per heavy atom. The highest BCUT2D eigenvalue weighted by molar-refractivity contribution is 6.30. The van der Waals surface area contributed by atoms with E-state index in [1.54, 1.807) is 42.5 Å². The first-order valence-electron chi connectivity index (χ1n) is 9.88. The molecule has 10 nitrogen and oxygen atoms in total. The van der Waals surface area contributed by atoms with Crippen LogP contribution in [0.15, 0.2) is 64.4 Å². The quantitative estimate of drug-likeness (QED) is 0.479. The van der Waals surface area contributed by atoms with Gasteiger partial charge in [0.1, 0.15) is 6.54 Å². The number of nitrogens with zero attached hydrogens (tertiary/aromatic N) is 4. The molecule has 0 aliphatic carbocycles. The fourth-order valence-corrected chi connectivity index (χ4v) is 3.63. The van der Waals surface area contributed by atoms with Crippen molar-refractivity contribution in [3.63, 3.8) is 0 Å². The summed E-state index contributed by atoms with van der Waals surface area (Å²) in [4.78, 5) is 47.2. The van der Waals surface area contributed by atoms with Crippen LogP contribution in [0, 0.1) is 0 Å². The standard InChI is InChI=1S/C22H16ClN5O5/c23-14-3-1-13(2-4-14)10-28-21(30)19-20(25-8-7-24-19)27(22(28)31)11-18(29)26-15-5-6-16-17(9-15)33-12-32-16/h1-9H,10-12H2,(H,26,29). The SMILES string of the molecule is O=C(Cn1c(=O)n(Cc2ccc(Cl)cc2)c(=O)c2nccnc21)Nc1ccc2c(c1)OCO2. The minimum atomic E-state index is -0.677. The summed E-state index contributed by atoms with van der Waals surface area (Å²) >= 11 is 5.92. The molecule has 0 saturated carbocycles. The normalized spacial score (nSPS) is 12.2. The molecule has 1 N–H and O–H groups in total. The van der Waals surface area contributed by atoms with Crippen molar-refractivity contribution >= 4 is 34.4 Å². The third-order valence-electron chi connectivity index (χ3n) is 5.06. The van der Waals surface area contributed by atoms with E-state index in [1.807, 2.05) is 0 Å². The number of ether oxygens (including phenoxy) is 2. The van der Waals surface area contributed by atoms with Crippen LogP contribution in [0.4, 0.5) is 5.69 Å². The van der Waals surface area contributed by atoms with Gasteiger partial charge in [0.25, 0.3) is 5.56 Å². The molecule has 0 atom stereocenters. The molecule has 0 saturated heterocycles.